The molecule has 0 N–H and O–H groups in total. The van der Waals surface area contributed by atoms with Gasteiger partial charge in [-0.1, -0.05) is 29.5 Å². The molecule has 8 nitrogen and oxygen atoms in total. The number of carbonyl (C=O) groups is 1. The normalized spacial score (nSPS) is 10.0. The summed E-state index contributed by atoms with van der Waals surface area (Å²) in [6.45, 7) is 2.63. The zero-order valence-electron chi connectivity index (χ0n) is 13.8. The highest BCUT2D eigenvalue weighted by molar-refractivity contribution is 7.99. The highest BCUT2D eigenvalue weighted by Crippen LogP contribution is 2.19. The molecule has 0 radical (unpaired) electrons. The highest BCUT2D eigenvalue weighted by Gasteiger charge is 2.16. The van der Waals surface area contributed by atoms with E-state index in [1.165, 1.54) is 16.7 Å². The summed E-state index contributed by atoms with van der Waals surface area (Å²) >= 11 is 1.23. The van der Waals surface area contributed by atoms with Crippen molar-refractivity contribution in [1.82, 2.24) is 25.1 Å². The summed E-state index contributed by atoms with van der Waals surface area (Å²) in [7, 11) is 0. The first-order valence-corrected chi connectivity index (χ1v) is 8.64. The van der Waals surface area contributed by atoms with Crippen LogP contribution in [0.1, 0.15) is 18.4 Å². The Hall–Kier alpha value is -2.91. The first-order chi connectivity index (χ1) is 12.2. The van der Waals surface area contributed by atoms with Crippen molar-refractivity contribution in [2.75, 3.05) is 18.8 Å². The number of tetrazole rings is 1. The Morgan fingerprint density at radius 2 is 1.84 bits per heavy atom. The van der Waals surface area contributed by atoms with Crippen LogP contribution in [0.5, 0.6) is 0 Å². The molecule has 0 spiro atoms. The summed E-state index contributed by atoms with van der Waals surface area (Å²) in [5.74, 6) is -0.00253. The Kier molecular flexibility index (Phi) is 6.93. The molecule has 0 aliphatic heterocycles. The van der Waals surface area contributed by atoms with Crippen molar-refractivity contribution in [3.8, 4) is 17.8 Å². The van der Waals surface area contributed by atoms with Crippen molar-refractivity contribution in [3.05, 3.63) is 29.8 Å². The van der Waals surface area contributed by atoms with E-state index in [4.69, 9.17) is 10.5 Å². The molecule has 2 aromatic rings. The minimum atomic E-state index is -0.144. The zero-order chi connectivity index (χ0) is 18.1. The van der Waals surface area contributed by atoms with Crippen LogP contribution in [0.2, 0.25) is 0 Å². The van der Waals surface area contributed by atoms with Gasteiger partial charge in [-0.05, 0) is 29.5 Å². The van der Waals surface area contributed by atoms with Crippen molar-refractivity contribution in [3.63, 3.8) is 0 Å². The monoisotopic (exact) mass is 355 g/mol. The number of hydrogen-bond donors (Lipinski definition) is 0. The molecule has 2 rings (SSSR count). The van der Waals surface area contributed by atoms with Crippen LogP contribution in [-0.2, 0) is 4.79 Å². The molecule has 1 aromatic carbocycles. The first kappa shape index (κ1) is 18.4. The predicted molar refractivity (Wildman–Crippen MR) is 91.7 cm³/mol. The highest BCUT2D eigenvalue weighted by atomic mass is 32.2. The summed E-state index contributed by atoms with van der Waals surface area (Å²) in [4.78, 5) is 13.9. The third-order valence-corrected chi connectivity index (χ3v) is 4.29. The Morgan fingerprint density at radius 3 is 2.44 bits per heavy atom. The summed E-state index contributed by atoms with van der Waals surface area (Å²) in [6, 6.07) is 11.8. The van der Waals surface area contributed by atoms with Gasteiger partial charge in [0.2, 0.25) is 11.1 Å². The summed E-state index contributed by atoms with van der Waals surface area (Å²) in [6.07, 6.45) is 0.478. The molecule has 25 heavy (non-hydrogen) atoms. The molecular weight excluding hydrogens is 338 g/mol. The summed E-state index contributed by atoms with van der Waals surface area (Å²) in [5.41, 5.74) is 1.95. The van der Waals surface area contributed by atoms with E-state index in [1.807, 2.05) is 43.3 Å². The number of benzene rings is 1. The smallest absolute Gasteiger partial charge is 0.233 e. The molecule has 1 aromatic heterocycles. The number of aromatic nitrogens is 4. The SMILES string of the molecule is Cc1ccc(-n2nnnc2SCC(=O)N(CCC#N)CCC#N)cc1. The molecule has 1 amide bonds. The molecule has 9 heteroatoms. The molecule has 0 aliphatic rings. The number of nitriles is 2. The van der Waals surface area contributed by atoms with Crippen molar-refractivity contribution in [2.45, 2.75) is 24.9 Å². The second-order valence-electron chi connectivity index (χ2n) is 5.19. The van der Waals surface area contributed by atoms with Crippen LogP contribution >= 0.6 is 11.8 Å². The third-order valence-electron chi connectivity index (χ3n) is 3.38. The molecule has 0 aliphatic carbocycles. The van der Waals surface area contributed by atoms with Gasteiger partial charge in [0.15, 0.2) is 0 Å². The van der Waals surface area contributed by atoms with Gasteiger partial charge in [0.25, 0.3) is 0 Å². The average Bonchev–Trinajstić information content (AvgIpc) is 3.09. The van der Waals surface area contributed by atoms with E-state index in [2.05, 4.69) is 15.5 Å². The maximum absolute atomic E-state index is 12.4. The van der Waals surface area contributed by atoms with E-state index >= 15 is 0 Å². The fourth-order valence-corrected chi connectivity index (χ4v) is 2.86. The summed E-state index contributed by atoms with van der Waals surface area (Å²) in [5, 5.41) is 29.5. The van der Waals surface area contributed by atoms with E-state index < -0.39 is 0 Å². The van der Waals surface area contributed by atoms with Crippen molar-refractivity contribution in [1.29, 1.82) is 10.5 Å². The van der Waals surface area contributed by atoms with Gasteiger partial charge < -0.3 is 4.90 Å². The number of aryl methyl sites for hydroxylation is 1. The molecule has 0 saturated heterocycles. The maximum atomic E-state index is 12.4. The number of nitrogens with zero attached hydrogens (tertiary/aromatic N) is 7. The molecule has 128 valence electrons. The van der Waals surface area contributed by atoms with Gasteiger partial charge in [0.1, 0.15) is 0 Å². The van der Waals surface area contributed by atoms with Gasteiger partial charge in [-0.15, -0.1) is 5.10 Å². The van der Waals surface area contributed by atoms with Crippen LogP contribution in [0, 0.1) is 29.6 Å². The van der Waals surface area contributed by atoms with Crippen LogP contribution in [0.3, 0.4) is 0 Å². The van der Waals surface area contributed by atoms with E-state index in [9.17, 15) is 4.79 Å². The number of amides is 1. The minimum absolute atomic E-state index is 0.142. The molecule has 0 bridgehead atoms. The standard InChI is InChI=1S/C16H17N7OS/c1-13-4-6-14(7-5-13)23-16(19-20-21-23)25-12-15(24)22(10-2-8-17)11-3-9-18/h4-7H,2-3,10-12H2,1H3. The number of hydrogen-bond acceptors (Lipinski definition) is 7. The van der Waals surface area contributed by atoms with Crippen molar-refractivity contribution >= 4 is 17.7 Å². The van der Waals surface area contributed by atoms with E-state index in [-0.39, 0.29) is 24.5 Å². The van der Waals surface area contributed by atoms with Crippen LogP contribution < -0.4 is 0 Å². The zero-order valence-corrected chi connectivity index (χ0v) is 14.6. The number of thioether (sulfide) groups is 1. The van der Waals surface area contributed by atoms with Gasteiger partial charge in [0.05, 0.1) is 36.4 Å². The number of rotatable bonds is 8. The molecular formula is C16H17N7OS. The summed E-state index contributed by atoms with van der Waals surface area (Å²) < 4.78 is 1.58. The lowest BCUT2D eigenvalue weighted by Gasteiger charge is -2.19. The second-order valence-corrected chi connectivity index (χ2v) is 6.14. The van der Waals surface area contributed by atoms with Crippen molar-refractivity contribution in [2.24, 2.45) is 0 Å². The van der Waals surface area contributed by atoms with Gasteiger partial charge in [0, 0.05) is 13.1 Å². The van der Waals surface area contributed by atoms with Gasteiger partial charge in [-0.2, -0.15) is 15.2 Å². The Balaban J connectivity index is 2.02. The fourth-order valence-electron chi connectivity index (χ4n) is 2.07. The molecule has 1 heterocycles. The quantitative estimate of drug-likeness (QED) is 0.663. The third kappa shape index (κ3) is 5.30. The van der Waals surface area contributed by atoms with Gasteiger partial charge in [-0.25, -0.2) is 0 Å². The maximum Gasteiger partial charge on any atom is 0.233 e. The average molecular weight is 355 g/mol. The molecule has 0 saturated carbocycles. The topological polar surface area (TPSA) is 111 Å². The van der Waals surface area contributed by atoms with E-state index in [1.54, 1.807) is 4.68 Å². The van der Waals surface area contributed by atoms with Gasteiger partial charge in [-0.3, -0.25) is 4.79 Å². The van der Waals surface area contributed by atoms with Crippen molar-refractivity contribution < 1.29 is 4.79 Å². The predicted octanol–water partition coefficient (Wildman–Crippen LogP) is 1.72. The minimum Gasteiger partial charge on any atom is -0.340 e. The molecule has 0 atom stereocenters. The van der Waals surface area contributed by atoms with Gasteiger partial charge >= 0.3 is 0 Å². The number of carbonyl (C=O) groups excluding carboxylic acids is 1. The van der Waals surface area contributed by atoms with Crippen LogP contribution in [-0.4, -0.2) is 49.9 Å². The first-order valence-electron chi connectivity index (χ1n) is 7.65. The lowest BCUT2D eigenvalue weighted by Crippen LogP contribution is -2.34. The van der Waals surface area contributed by atoms with E-state index in [0.29, 0.717) is 18.2 Å². The second kappa shape index (κ2) is 9.40. The largest absolute Gasteiger partial charge is 0.340 e. The lowest BCUT2D eigenvalue weighted by molar-refractivity contribution is -0.128. The molecule has 0 fully saturated rings. The lowest BCUT2D eigenvalue weighted by atomic mass is 10.2. The Morgan fingerprint density at radius 1 is 1.20 bits per heavy atom. The molecule has 0 unspecified atom stereocenters. The Labute approximate surface area is 150 Å². The van der Waals surface area contributed by atoms with Crippen LogP contribution in [0.15, 0.2) is 29.4 Å². The Bertz CT molecular complexity index is 770. The van der Waals surface area contributed by atoms with Crippen LogP contribution in [0.4, 0.5) is 0 Å². The van der Waals surface area contributed by atoms with Crippen LogP contribution in [0.25, 0.3) is 5.69 Å². The van der Waals surface area contributed by atoms with E-state index in [0.717, 1.165) is 11.3 Å². The fraction of sp³-hybridized carbons (Fsp3) is 0.375.